The van der Waals surface area contributed by atoms with E-state index < -0.39 is 5.31 Å². The molecule has 0 unspecified atom stereocenters. The lowest BCUT2D eigenvalue weighted by molar-refractivity contribution is 0.0701. The van der Waals surface area contributed by atoms with Crippen LogP contribution in [0, 0.1) is 5.92 Å². The first-order valence-electron chi connectivity index (χ1n) is 3.05. The summed E-state index contributed by atoms with van der Waals surface area (Å²) in [6.07, 6.45) is 2.54. The topological polar surface area (TPSA) is 34.0 Å². The number of ether oxygens (including phenoxy) is 1. The summed E-state index contributed by atoms with van der Waals surface area (Å²) in [5, 5.41) is 6.05. The molecule has 0 aromatic rings. The van der Waals surface area contributed by atoms with Gasteiger partial charge >= 0.3 is 5.31 Å². The molecule has 1 saturated carbocycles. The molecule has 0 amide bonds. The zero-order valence-corrected chi connectivity index (χ0v) is 5.64. The van der Waals surface area contributed by atoms with Gasteiger partial charge in [-0.05, 0) is 30.4 Å². The number of halogens is 1. The second-order valence-electron chi connectivity index (χ2n) is 2.48. The highest BCUT2D eigenvalue weighted by molar-refractivity contribution is 6.23. The number of hydrogen-bond donors (Lipinski definition) is 0. The highest BCUT2D eigenvalue weighted by Crippen LogP contribution is 2.37. The van der Waals surface area contributed by atoms with Crippen molar-refractivity contribution in [1.82, 2.24) is 0 Å². The van der Waals surface area contributed by atoms with Crippen molar-refractivity contribution in [1.29, 1.82) is 0 Å². The number of hydrogen-bond acceptors (Lipinski definition) is 3. The van der Waals surface area contributed by atoms with Crippen LogP contribution in [-0.2, 0) is 4.74 Å². The van der Waals surface area contributed by atoms with Gasteiger partial charge in [0.1, 0.15) is 0 Å². The molecular weight excluding hydrogens is 140 g/mol. The van der Waals surface area contributed by atoms with Gasteiger partial charge in [0, 0.05) is 0 Å². The van der Waals surface area contributed by atoms with Crippen LogP contribution in [0.15, 0.2) is 10.2 Å². The maximum Gasteiger partial charge on any atom is 0.375 e. The van der Waals surface area contributed by atoms with E-state index in [0.717, 1.165) is 12.5 Å². The van der Waals surface area contributed by atoms with Crippen LogP contribution >= 0.6 is 11.6 Å². The van der Waals surface area contributed by atoms with E-state index in [9.17, 15) is 0 Å². The van der Waals surface area contributed by atoms with Crippen molar-refractivity contribution in [3.63, 3.8) is 0 Å². The van der Waals surface area contributed by atoms with Gasteiger partial charge in [-0.15, -0.1) is 10.2 Å². The lowest BCUT2D eigenvalue weighted by atomic mass is 10.5. The third kappa shape index (κ3) is 1.40. The molecular formula is C5H7ClN2O. The summed E-state index contributed by atoms with van der Waals surface area (Å²) in [5.74, 6) is 0.728. The van der Waals surface area contributed by atoms with E-state index in [1.165, 1.54) is 12.8 Å². The van der Waals surface area contributed by atoms with E-state index in [0.29, 0.717) is 0 Å². The molecule has 0 aromatic carbocycles. The molecule has 0 aromatic heterocycles. The molecule has 2 rings (SSSR count). The van der Waals surface area contributed by atoms with Gasteiger partial charge in [-0.25, -0.2) is 0 Å². The van der Waals surface area contributed by atoms with E-state index in [2.05, 4.69) is 10.2 Å². The highest BCUT2D eigenvalue weighted by Gasteiger charge is 2.40. The standard InChI is InChI=1S/C5H7ClN2O/c6-5(7-8-5)9-3-4-1-2-4/h4H,1-3H2. The first-order chi connectivity index (χ1) is 4.29. The Bertz CT molecular complexity index is 149. The third-order valence-corrected chi connectivity index (χ3v) is 1.72. The number of nitrogens with zero attached hydrogens (tertiary/aromatic N) is 2. The van der Waals surface area contributed by atoms with Crippen LogP contribution in [0.1, 0.15) is 12.8 Å². The van der Waals surface area contributed by atoms with Crippen molar-refractivity contribution >= 4 is 11.6 Å². The summed E-state index contributed by atoms with van der Waals surface area (Å²) in [4.78, 5) is 0. The average molecular weight is 147 g/mol. The van der Waals surface area contributed by atoms with Crippen molar-refractivity contribution in [3.05, 3.63) is 0 Å². The fourth-order valence-corrected chi connectivity index (χ4v) is 0.706. The predicted octanol–water partition coefficient (Wildman–Crippen LogP) is 1.73. The summed E-state index contributed by atoms with van der Waals surface area (Å²) in [7, 11) is 0. The molecule has 1 aliphatic carbocycles. The minimum absolute atomic E-state index is 0.719. The van der Waals surface area contributed by atoms with Crippen LogP contribution in [0.4, 0.5) is 0 Å². The van der Waals surface area contributed by atoms with Gasteiger partial charge in [0.25, 0.3) is 0 Å². The zero-order chi connectivity index (χ0) is 6.32. The maximum absolute atomic E-state index is 5.56. The Balaban J connectivity index is 1.66. The second-order valence-corrected chi connectivity index (χ2v) is 2.98. The van der Waals surface area contributed by atoms with E-state index in [4.69, 9.17) is 16.3 Å². The molecule has 9 heavy (non-hydrogen) atoms. The molecule has 2 aliphatic rings. The quantitative estimate of drug-likeness (QED) is 0.441. The minimum atomic E-state index is -0.956. The molecule has 0 bridgehead atoms. The molecule has 1 heterocycles. The second kappa shape index (κ2) is 1.67. The Morgan fingerprint density at radius 3 is 2.67 bits per heavy atom. The Labute approximate surface area is 58.1 Å². The van der Waals surface area contributed by atoms with Gasteiger partial charge in [-0.1, -0.05) is 0 Å². The van der Waals surface area contributed by atoms with Gasteiger partial charge in [0.2, 0.25) is 0 Å². The normalized spacial score (nSPS) is 28.6. The Morgan fingerprint density at radius 2 is 2.22 bits per heavy atom. The van der Waals surface area contributed by atoms with E-state index in [1.807, 2.05) is 0 Å². The van der Waals surface area contributed by atoms with Crippen molar-refractivity contribution in [2.75, 3.05) is 6.61 Å². The average Bonchev–Trinajstić information content (AvgIpc) is 2.58. The van der Waals surface area contributed by atoms with Crippen molar-refractivity contribution in [3.8, 4) is 0 Å². The summed E-state index contributed by atoms with van der Waals surface area (Å²) < 4.78 is 5.10. The maximum atomic E-state index is 5.56. The Morgan fingerprint density at radius 1 is 1.56 bits per heavy atom. The third-order valence-electron chi connectivity index (χ3n) is 1.46. The smallest absolute Gasteiger partial charge is 0.320 e. The molecule has 0 atom stereocenters. The Kier molecular flexibility index (Phi) is 1.04. The van der Waals surface area contributed by atoms with Gasteiger partial charge < -0.3 is 4.74 Å². The van der Waals surface area contributed by atoms with Crippen molar-refractivity contribution in [2.45, 2.75) is 18.1 Å². The number of rotatable bonds is 3. The Hall–Kier alpha value is -0.150. The largest absolute Gasteiger partial charge is 0.375 e. The lowest BCUT2D eigenvalue weighted by Crippen LogP contribution is -2.08. The molecule has 1 aliphatic heterocycles. The van der Waals surface area contributed by atoms with Crippen LogP contribution in [0.25, 0.3) is 0 Å². The van der Waals surface area contributed by atoms with Crippen LogP contribution in [0.2, 0.25) is 0 Å². The minimum Gasteiger partial charge on any atom is -0.320 e. The molecule has 0 spiro atoms. The first kappa shape index (κ1) is 5.62. The fourth-order valence-electron chi connectivity index (χ4n) is 0.605. The monoisotopic (exact) mass is 146 g/mol. The van der Waals surface area contributed by atoms with Gasteiger partial charge in [0.15, 0.2) is 0 Å². The molecule has 0 N–H and O–H groups in total. The molecule has 0 radical (unpaired) electrons. The number of alkyl halides is 1. The van der Waals surface area contributed by atoms with Crippen LogP contribution in [0.3, 0.4) is 0 Å². The van der Waals surface area contributed by atoms with Gasteiger partial charge in [-0.2, -0.15) is 0 Å². The fraction of sp³-hybridized carbons (Fsp3) is 1.00. The van der Waals surface area contributed by atoms with E-state index in [1.54, 1.807) is 0 Å². The summed E-state index contributed by atoms with van der Waals surface area (Å²) in [6.45, 7) is 0.719. The highest BCUT2D eigenvalue weighted by atomic mass is 35.5. The molecule has 50 valence electrons. The van der Waals surface area contributed by atoms with E-state index in [-0.39, 0.29) is 0 Å². The molecule has 1 fully saturated rings. The molecule has 0 saturated heterocycles. The SMILES string of the molecule is ClC1(OCC2CC2)N=N1. The molecule has 3 nitrogen and oxygen atoms in total. The first-order valence-corrected chi connectivity index (χ1v) is 3.43. The predicted molar refractivity (Wildman–Crippen MR) is 32.1 cm³/mol. The van der Waals surface area contributed by atoms with Crippen LogP contribution in [0.5, 0.6) is 0 Å². The zero-order valence-electron chi connectivity index (χ0n) is 4.88. The van der Waals surface area contributed by atoms with Crippen LogP contribution in [-0.4, -0.2) is 11.9 Å². The summed E-state index contributed by atoms with van der Waals surface area (Å²) in [5.41, 5.74) is 0. The molecule has 4 heteroatoms. The summed E-state index contributed by atoms with van der Waals surface area (Å²) in [6, 6.07) is 0. The van der Waals surface area contributed by atoms with Crippen molar-refractivity contribution < 1.29 is 4.74 Å². The van der Waals surface area contributed by atoms with Crippen LogP contribution < -0.4 is 0 Å². The van der Waals surface area contributed by atoms with Gasteiger partial charge in [0.05, 0.1) is 6.61 Å². The van der Waals surface area contributed by atoms with Gasteiger partial charge in [-0.3, -0.25) is 0 Å². The lowest BCUT2D eigenvalue weighted by Gasteiger charge is -2.00. The summed E-state index contributed by atoms with van der Waals surface area (Å²) >= 11 is 5.56. The van der Waals surface area contributed by atoms with Crippen molar-refractivity contribution in [2.24, 2.45) is 16.1 Å². The van der Waals surface area contributed by atoms with E-state index >= 15 is 0 Å².